The van der Waals surface area contributed by atoms with Gasteiger partial charge in [0.1, 0.15) is 17.5 Å². The monoisotopic (exact) mass is 451 g/mol. The molecule has 0 aliphatic heterocycles. The molecular weight excluding hydrogens is 426 g/mol. The lowest BCUT2D eigenvalue weighted by atomic mass is 9.94. The number of carbonyl (C=O) groups excluding carboxylic acids is 2. The Morgan fingerprint density at radius 2 is 1.84 bits per heavy atom. The first-order valence-corrected chi connectivity index (χ1v) is 11.3. The van der Waals surface area contributed by atoms with Crippen LogP contribution >= 0.6 is 11.6 Å². The fourth-order valence-corrected chi connectivity index (χ4v) is 4.40. The summed E-state index contributed by atoms with van der Waals surface area (Å²) in [4.78, 5) is 33.0. The molecule has 2 heterocycles. The van der Waals surface area contributed by atoms with E-state index in [1.165, 1.54) is 11.3 Å². The molecule has 7 heteroatoms. The zero-order valence-electron chi connectivity index (χ0n) is 17.7. The fraction of sp³-hybridized carbons (Fsp3) is 0.320. The third kappa shape index (κ3) is 5.19. The highest BCUT2D eigenvalue weighted by Gasteiger charge is 2.35. The van der Waals surface area contributed by atoms with E-state index in [9.17, 15) is 9.59 Å². The maximum absolute atomic E-state index is 13.7. The molecule has 2 amide bonds. The summed E-state index contributed by atoms with van der Waals surface area (Å²) in [7, 11) is 0. The van der Waals surface area contributed by atoms with Crippen molar-refractivity contribution in [1.82, 2.24) is 15.2 Å². The van der Waals surface area contributed by atoms with E-state index in [2.05, 4.69) is 10.3 Å². The van der Waals surface area contributed by atoms with Crippen molar-refractivity contribution in [3.05, 3.63) is 89.1 Å². The Morgan fingerprint density at radius 3 is 2.53 bits per heavy atom. The van der Waals surface area contributed by atoms with Gasteiger partial charge in [-0.25, -0.2) is 0 Å². The van der Waals surface area contributed by atoms with E-state index >= 15 is 0 Å². The van der Waals surface area contributed by atoms with Crippen molar-refractivity contribution in [2.45, 2.75) is 50.7 Å². The second-order valence-electron chi connectivity index (χ2n) is 7.99. The normalized spacial score (nSPS) is 15.2. The van der Waals surface area contributed by atoms with Crippen LogP contribution in [0.3, 0.4) is 0 Å². The van der Waals surface area contributed by atoms with Crippen LogP contribution < -0.4 is 5.32 Å². The first kappa shape index (κ1) is 22.1. The van der Waals surface area contributed by atoms with Gasteiger partial charge < -0.3 is 14.6 Å². The molecule has 1 atom stereocenters. The molecular formula is C25H26ClN3O3. The highest BCUT2D eigenvalue weighted by atomic mass is 35.5. The summed E-state index contributed by atoms with van der Waals surface area (Å²) in [6.45, 7) is 0.108. The lowest BCUT2D eigenvalue weighted by molar-refractivity contribution is -0.127. The molecule has 1 aromatic carbocycles. The maximum Gasteiger partial charge on any atom is 0.273 e. The second kappa shape index (κ2) is 10.5. The van der Waals surface area contributed by atoms with E-state index in [1.54, 1.807) is 61.0 Å². The Bertz CT molecular complexity index is 1030. The SMILES string of the molecule is O=C(NC1CCCCC1)[C@@H](c1ccccc1Cl)N(Cc1ccco1)C(=O)c1ccccn1. The fourth-order valence-electron chi connectivity index (χ4n) is 4.16. The van der Waals surface area contributed by atoms with Crippen LogP contribution in [0.1, 0.15) is 60.0 Å². The minimum Gasteiger partial charge on any atom is -0.467 e. The molecule has 1 saturated carbocycles. The van der Waals surface area contributed by atoms with E-state index in [-0.39, 0.29) is 30.1 Å². The third-order valence-corrected chi connectivity index (χ3v) is 6.11. The molecule has 1 aliphatic rings. The Kier molecular flexibility index (Phi) is 7.22. The van der Waals surface area contributed by atoms with Crippen molar-refractivity contribution in [2.24, 2.45) is 0 Å². The summed E-state index contributed by atoms with van der Waals surface area (Å²) >= 11 is 6.53. The molecule has 3 aromatic rings. The van der Waals surface area contributed by atoms with Crippen LogP contribution in [0.15, 0.2) is 71.5 Å². The number of furan rings is 1. The smallest absolute Gasteiger partial charge is 0.273 e. The van der Waals surface area contributed by atoms with E-state index in [4.69, 9.17) is 16.0 Å². The van der Waals surface area contributed by atoms with Crippen LogP contribution in [0.4, 0.5) is 0 Å². The summed E-state index contributed by atoms with van der Waals surface area (Å²) in [5, 5.41) is 3.59. The van der Waals surface area contributed by atoms with E-state index in [0.29, 0.717) is 16.3 Å². The van der Waals surface area contributed by atoms with Gasteiger partial charge in [0.05, 0.1) is 12.8 Å². The summed E-state index contributed by atoms with van der Waals surface area (Å²) < 4.78 is 5.52. The average Bonchev–Trinajstić information content (AvgIpc) is 3.34. The van der Waals surface area contributed by atoms with E-state index in [0.717, 1.165) is 25.7 Å². The highest BCUT2D eigenvalue weighted by molar-refractivity contribution is 6.31. The predicted octanol–water partition coefficient (Wildman–Crippen LogP) is 5.16. The topological polar surface area (TPSA) is 75.4 Å². The van der Waals surface area contributed by atoms with E-state index in [1.807, 2.05) is 6.07 Å². The zero-order chi connectivity index (χ0) is 22.3. The van der Waals surface area contributed by atoms with Crippen molar-refractivity contribution < 1.29 is 14.0 Å². The van der Waals surface area contributed by atoms with Gasteiger partial charge in [-0.15, -0.1) is 0 Å². The Labute approximate surface area is 192 Å². The van der Waals surface area contributed by atoms with Gasteiger partial charge in [0.2, 0.25) is 5.91 Å². The van der Waals surface area contributed by atoms with Gasteiger partial charge in [-0.3, -0.25) is 14.6 Å². The zero-order valence-corrected chi connectivity index (χ0v) is 18.5. The molecule has 4 rings (SSSR count). The van der Waals surface area contributed by atoms with Gasteiger partial charge in [0.25, 0.3) is 5.91 Å². The lowest BCUT2D eigenvalue weighted by Gasteiger charge is -2.33. The van der Waals surface area contributed by atoms with Crippen molar-refractivity contribution in [2.75, 3.05) is 0 Å². The van der Waals surface area contributed by atoms with E-state index < -0.39 is 6.04 Å². The first-order chi connectivity index (χ1) is 15.6. The first-order valence-electron chi connectivity index (χ1n) is 10.9. The van der Waals surface area contributed by atoms with Crippen molar-refractivity contribution >= 4 is 23.4 Å². The second-order valence-corrected chi connectivity index (χ2v) is 8.40. The number of carbonyl (C=O) groups is 2. The summed E-state index contributed by atoms with van der Waals surface area (Å²) in [5.41, 5.74) is 0.819. The van der Waals surface area contributed by atoms with Crippen molar-refractivity contribution in [3.63, 3.8) is 0 Å². The Hall–Kier alpha value is -3.12. The highest BCUT2D eigenvalue weighted by Crippen LogP contribution is 2.31. The average molecular weight is 452 g/mol. The number of pyridine rings is 1. The minimum atomic E-state index is -0.926. The molecule has 6 nitrogen and oxygen atoms in total. The molecule has 1 aliphatic carbocycles. The van der Waals surface area contributed by atoms with Gasteiger partial charge >= 0.3 is 0 Å². The minimum absolute atomic E-state index is 0.0941. The molecule has 0 bridgehead atoms. The number of hydrogen-bond donors (Lipinski definition) is 1. The molecule has 1 fully saturated rings. The number of amides is 2. The molecule has 166 valence electrons. The number of halogens is 1. The quantitative estimate of drug-likeness (QED) is 0.538. The van der Waals surface area contributed by atoms with Gasteiger partial charge in [0, 0.05) is 22.8 Å². The largest absolute Gasteiger partial charge is 0.467 e. The number of rotatable bonds is 7. The molecule has 0 unspecified atom stereocenters. The molecule has 1 N–H and O–H groups in total. The third-order valence-electron chi connectivity index (χ3n) is 5.76. The van der Waals surface area contributed by atoms with Crippen LogP contribution in [-0.2, 0) is 11.3 Å². The number of nitrogens with zero attached hydrogens (tertiary/aromatic N) is 2. The van der Waals surface area contributed by atoms with Gasteiger partial charge in [-0.05, 0) is 43.2 Å². The molecule has 0 radical (unpaired) electrons. The Morgan fingerprint density at radius 1 is 1.06 bits per heavy atom. The standard InChI is InChI=1S/C25H26ClN3O3/c26-21-13-5-4-12-20(21)23(24(30)28-18-9-2-1-3-10-18)29(17-19-11-8-16-32-19)25(31)22-14-6-7-15-27-22/h4-8,11-16,18,23H,1-3,9-10,17H2,(H,28,30)/t23-/m1/s1. The van der Waals surface area contributed by atoms with Crippen LogP contribution in [0, 0.1) is 0 Å². The number of nitrogens with one attached hydrogen (secondary N) is 1. The Balaban J connectivity index is 1.73. The summed E-state index contributed by atoms with van der Waals surface area (Å²) in [5.74, 6) is -0.0525. The lowest BCUT2D eigenvalue weighted by Crippen LogP contribution is -2.47. The van der Waals surface area contributed by atoms with Crippen LogP contribution in [-0.4, -0.2) is 27.7 Å². The van der Waals surface area contributed by atoms with Crippen LogP contribution in [0.25, 0.3) is 0 Å². The number of benzene rings is 1. The molecule has 2 aromatic heterocycles. The molecule has 32 heavy (non-hydrogen) atoms. The van der Waals surface area contributed by atoms with Gasteiger partial charge in [-0.2, -0.15) is 0 Å². The van der Waals surface area contributed by atoms with Gasteiger partial charge in [-0.1, -0.05) is 55.1 Å². The predicted molar refractivity (Wildman–Crippen MR) is 122 cm³/mol. The van der Waals surface area contributed by atoms with Crippen molar-refractivity contribution in [3.8, 4) is 0 Å². The maximum atomic E-state index is 13.7. The van der Waals surface area contributed by atoms with Crippen LogP contribution in [0.5, 0.6) is 0 Å². The summed E-state index contributed by atoms with van der Waals surface area (Å²) in [6, 6.07) is 15.0. The molecule has 0 saturated heterocycles. The number of hydrogen-bond acceptors (Lipinski definition) is 4. The molecule has 0 spiro atoms. The van der Waals surface area contributed by atoms with Crippen LogP contribution in [0.2, 0.25) is 5.02 Å². The number of aromatic nitrogens is 1. The summed E-state index contributed by atoms with van der Waals surface area (Å²) in [6.07, 6.45) is 8.34. The van der Waals surface area contributed by atoms with Crippen molar-refractivity contribution in [1.29, 1.82) is 0 Å². The van der Waals surface area contributed by atoms with Gasteiger partial charge in [0.15, 0.2) is 0 Å².